The number of hydrogen-bond donors (Lipinski definition) is 0. The molecular weight excluding hydrogens is 232 g/mol. The summed E-state index contributed by atoms with van der Waals surface area (Å²) in [6, 6.07) is 12.5. The molecule has 0 aromatic heterocycles. The van der Waals surface area contributed by atoms with Crippen molar-refractivity contribution in [2.24, 2.45) is 0 Å². The molecule has 0 fully saturated rings. The Labute approximate surface area is 105 Å². The second-order valence-corrected chi connectivity index (χ2v) is 4.90. The molecule has 2 aromatic carbocycles. The zero-order valence-electron chi connectivity index (χ0n) is 9.45. The van der Waals surface area contributed by atoms with Crippen molar-refractivity contribution >= 4 is 28.2 Å². The van der Waals surface area contributed by atoms with E-state index in [1.807, 2.05) is 6.07 Å². The molecular formula is C15H13ClO. The summed E-state index contributed by atoms with van der Waals surface area (Å²) in [4.78, 5) is 12.1. The van der Waals surface area contributed by atoms with Crippen molar-refractivity contribution in [2.45, 2.75) is 18.8 Å². The van der Waals surface area contributed by atoms with Gasteiger partial charge in [-0.15, -0.1) is 11.6 Å². The second-order valence-electron chi connectivity index (χ2n) is 4.52. The average Bonchev–Trinajstić information content (AvgIpc) is 2.72. The second kappa shape index (κ2) is 4.15. The molecule has 2 heteroatoms. The highest BCUT2D eigenvalue weighted by atomic mass is 35.5. The van der Waals surface area contributed by atoms with E-state index in [1.54, 1.807) is 0 Å². The number of hydrogen-bond acceptors (Lipinski definition) is 1. The molecule has 17 heavy (non-hydrogen) atoms. The van der Waals surface area contributed by atoms with Gasteiger partial charge in [-0.25, -0.2) is 0 Å². The molecule has 1 aliphatic carbocycles. The molecule has 86 valence electrons. The van der Waals surface area contributed by atoms with Crippen molar-refractivity contribution in [1.82, 2.24) is 0 Å². The number of carbonyl (C=O) groups excluding carboxylic acids is 1. The zero-order valence-corrected chi connectivity index (χ0v) is 10.2. The number of Topliss-reactive ketones (excluding diaryl/α,β-unsaturated/α-hetero) is 1. The Balaban J connectivity index is 2.13. The van der Waals surface area contributed by atoms with Crippen LogP contribution in [0.25, 0.3) is 10.8 Å². The zero-order chi connectivity index (χ0) is 11.8. The first-order valence-corrected chi connectivity index (χ1v) is 6.44. The van der Waals surface area contributed by atoms with E-state index in [-0.39, 0.29) is 11.7 Å². The lowest BCUT2D eigenvalue weighted by Crippen LogP contribution is -2.11. The fourth-order valence-electron chi connectivity index (χ4n) is 2.79. The van der Waals surface area contributed by atoms with E-state index in [0.29, 0.717) is 12.3 Å². The van der Waals surface area contributed by atoms with E-state index in [0.717, 1.165) is 6.42 Å². The maximum absolute atomic E-state index is 12.1. The first-order chi connectivity index (χ1) is 8.31. The molecule has 1 nitrogen and oxygen atoms in total. The van der Waals surface area contributed by atoms with Gasteiger partial charge in [0.1, 0.15) is 5.78 Å². The van der Waals surface area contributed by atoms with Crippen molar-refractivity contribution in [2.75, 3.05) is 5.88 Å². The number of rotatable bonds is 3. The number of ketones is 1. The van der Waals surface area contributed by atoms with Crippen molar-refractivity contribution in [3.05, 3.63) is 47.5 Å². The van der Waals surface area contributed by atoms with E-state index in [1.165, 1.54) is 21.9 Å². The molecule has 0 saturated heterocycles. The van der Waals surface area contributed by atoms with Crippen LogP contribution in [0.5, 0.6) is 0 Å². The average molecular weight is 245 g/mol. The topological polar surface area (TPSA) is 17.1 Å². The van der Waals surface area contributed by atoms with Gasteiger partial charge in [-0.3, -0.25) is 4.79 Å². The Morgan fingerprint density at radius 3 is 2.76 bits per heavy atom. The minimum atomic E-state index is 0.0230. The highest BCUT2D eigenvalue weighted by Crippen LogP contribution is 2.39. The lowest BCUT2D eigenvalue weighted by atomic mass is 9.94. The lowest BCUT2D eigenvalue weighted by molar-refractivity contribution is -0.120. The molecule has 0 heterocycles. The fourth-order valence-corrected chi connectivity index (χ4v) is 2.98. The third kappa shape index (κ3) is 1.66. The largest absolute Gasteiger partial charge is 0.299 e. The van der Waals surface area contributed by atoms with Crippen LogP contribution in [0, 0.1) is 0 Å². The van der Waals surface area contributed by atoms with Gasteiger partial charge in [0.05, 0.1) is 0 Å². The van der Waals surface area contributed by atoms with Crippen molar-refractivity contribution < 1.29 is 4.79 Å². The summed E-state index contributed by atoms with van der Waals surface area (Å²) in [6.45, 7) is 0. The van der Waals surface area contributed by atoms with Crippen LogP contribution < -0.4 is 0 Å². The van der Waals surface area contributed by atoms with Gasteiger partial charge in [0.15, 0.2) is 0 Å². The molecule has 3 rings (SSSR count). The predicted molar refractivity (Wildman–Crippen MR) is 70.7 cm³/mol. The summed E-state index contributed by atoms with van der Waals surface area (Å²) in [5, 5.41) is 2.52. The number of halogens is 1. The number of carbonyl (C=O) groups is 1. The first-order valence-electron chi connectivity index (χ1n) is 5.90. The molecule has 0 radical (unpaired) electrons. The van der Waals surface area contributed by atoms with Gasteiger partial charge < -0.3 is 0 Å². The Hall–Kier alpha value is -1.34. The molecule has 2 aromatic rings. The van der Waals surface area contributed by atoms with Gasteiger partial charge in [0, 0.05) is 18.2 Å². The van der Waals surface area contributed by atoms with Crippen LogP contribution in [-0.4, -0.2) is 11.7 Å². The molecule has 0 amide bonds. The maximum atomic E-state index is 12.1. The Morgan fingerprint density at radius 1 is 1.24 bits per heavy atom. The number of benzene rings is 2. The van der Waals surface area contributed by atoms with Crippen LogP contribution >= 0.6 is 11.6 Å². The minimum absolute atomic E-state index is 0.0230. The molecule has 0 N–H and O–H groups in total. The van der Waals surface area contributed by atoms with E-state index < -0.39 is 0 Å². The molecule has 1 aliphatic rings. The lowest BCUT2D eigenvalue weighted by Gasteiger charge is -2.09. The molecule has 1 atom stereocenters. The Bertz CT molecular complexity index is 583. The van der Waals surface area contributed by atoms with Gasteiger partial charge in [-0.2, -0.15) is 0 Å². The van der Waals surface area contributed by atoms with Crippen LogP contribution in [0.3, 0.4) is 0 Å². The fraction of sp³-hybridized carbons (Fsp3) is 0.267. The van der Waals surface area contributed by atoms with Crippen LogP contribution in [-0.2, 0) is 11.2 Å². The highest BCUT2D eigenvalue weighted by Gasteiger charge is 2.28. The summed E-state index contributed by atoms with van der Waals surface area (Å²) in [5.41, 5.74) is 2.49. The van der Waals surface area contributed by atoms with Crippen molar-refractivity contribution in [1.29, 1.82) is 0 Å². The summed E-state index contributed by atoms with van der Waals surface area (Å²) in [6.07, 6.45) is 1.31. The number of alkyl halides is 1. The van der Waals surface area contributed by atoms with Crippen LogP contribution in [0.2, 0.25) is 0 Å². The highest BCUT2D eigenvalue weighted by molar-refractivity contribution is 6.19. The summed E-state index contributed by atoms with van der Waals surface area (Å²) < 4.78 is 0. The predicted octanol–water partition coefficient (Wildman–Crippen LogP) is 3.68. The first kappa shape index (κ1) is 10.8. The summed E-state index contributed by atoms with van der Waals surface area (Å²) >= 11 is 5.67. The van der Waals surface area contributed by atoms with Crippen molar-refractivity contribution in [3.8, 4) is 0 Å². The van der Waals surface area contributed by atoms with Gasteiger partial charge >= 0.3 is 0 Å². The van der Waals surface area contributed by atoms with Gasteiger partial charge in [0.25, 0.3) is 0 Å². The van der Waals surface area contributed by atoms with E-state index in [4.69, 9.17) is 11.6 Å². The van der Waals surface area contributed by atoms with Gasteiger partial charge in [0.2, 0.25) is 0 Å². The molecule has 0 saturated carbocycles. The molecule has 1 unspecified atom stereocenters. The standard InChI is InChI=1S/C15H13ClO/c16-8-7-14(17)13-9-11-5-1-3-10-4-2-6-12(13)15(10)11/h1-6,13H,7-9H2. The SMILES string of the molecule is O=C(CCCl)C1Cc2cccc3cccc1c23. The van der Waals surface area contributed by atoms with E-state index in [2.05, 4.69) is 30.3 Å². The quantitative estimate of drug-likeness (QED) is 0.753. The third-order valence-corrected chi connectivity index (χ3v) is 3.74. The smallest absolute Gasteiger partial charge is 0.141 e. The third-order valence-electron chi connectivity index (χ3n) is 3.55. The summed E-state index contributed by atoms with van der Waals surface area (Å²) in [7, 11) is 0. The van der Waals surface area contributed by atoms with Crippen molar-refractivity contribution in [3.63, 3.8) is 0 Å². The van der Waals surface area contributed by atoms with E-state index >= 15 is 0 Å². The van der Waals surface area contributed by atoms with Crippen LogP contribution in [0.1, 0.15) is 23.5 Å². The minimum Gasteiger partial charge on any atom is -0.299 e. The van der Waals surface area contributed by atoms with E-state index in [9.17, 15) is 4.79 Å². The Kier molecular flexibility index (Phi) is 2.64. The maximum Gasteiger partial charge on any atom is 0.141 e. The van der Waals surface area contributed by atoms with Crippen LogP contribution in [0.4, 0.5) is 0 Å². The Morgan fingerprint density at radius 2 is 2.00 bits per heavy atom. The van der Waals surface area contributed by atoms with Crippen LogP contribution in [0.15, 0.2) is 36.4 Å². The molecule has 0 spiro atoms. The van der Waals surface area contributed by atoms with Gasteiger partial charge in [-0.05, 0) is 28.3 Å². The molecule has 0 bridgehead atoms. The monoisotopic (exact) mass is 244 g/mol. The molecule has 0 aliphatic heterocycles. The summed E-state index contributed by atoms with van der Waals surface area (Å²) in [5.74, 6) is 0.709. The van der Waals surface area contributed by atoms with Gasteiger partial charge in [-0.1, -0.05) is 36.4 Å². The normalized spacial score (nSPS) is 17.6.